The number of halogens is 1. The maximum absolute atomic E-state index is 14.5. The maximum Gasteiger partial charge on any atom is 0.179 e. The van der Waals surface area contributed by atoms with Crippen LogP contribution in [0.15, 0.2) is 37.4 Å². The summed E-state index contributed by atoms with van der Waals surface area (Å²) < 4.78 is 16.1. The number of ketones is 1. The van der Waals surface area contributed by atoms with E-state index in [9.17, 15) is 9.18 Å². The van der Waals surface area contributed by atoms with E-state index in [1.807, 2.05) is 0 Å². The highest BCUT2D eigenvalue weighted by Crippen LogP contribution is 2.33. The molecule has 1 aliphatic heterocycles. The van der Waals surface area contributed by atoms with E-state index in [1.165, 1.54) is 12.5 Å². The van der Waals surface area contributed by atoms with Crippen LogP contribution in [0.25, 0.3) is 17.6 Å². The average molecular weight is 377 g/mol. The molecule has 1 aromatic heterocycles. The predicted octanol–water partition coefficient (Wildman–Crippen LogP) is 4.91. The largest absolute Gasteiger partial charge is 0.310 e. The molecule has 2 heterocycles. The fraction of sp³-hybridized carbons (Fsp3) is 0.304. The third kappa shape index (κ3) is 3.69. The summed E-state index contributed by atoms with van der Waals surface area (Å²) in [6.45, 7) is 11.2. The number of hydrogen-bond donors (Lipinski definition) is 0. The molecule has 1 fully saturated rings. The van der Waals surface area contributed by atoms with Crippen molar-refractivity contribution >= 4 is 17.7 Å². The van der Waals surface area contributed by atoms with Gasteiger partial charge >= 0.3 is 0 Å². The quantitative estimate of drug-likeness (QED) is 0.672. The smallest absolute Gasteiger partial charge is 0.179 e. The Morgan fingerprint density at radius 1 is 1.25 bits per heavy atom. The van der Waals surface area contributed by atoms with Crippen molar-refractivity contribution in [1.29, 1.82) is 5.26 Å². The maximum atomic E-state index is 14.5. The molecule has 0 saturated carbocycles. The summed E-state index contributed by atoms with van der Waals surface area (Å²) in [6.07, 6.45) is 4.91. The third-order valence-electron chi connectivity index (χ3n) is 5.26. The van der Waals surface area contributed by atoms with Crippen LogP contribution in [0.2, 0.25) is 0 Å². The minimum atomic E-state index is -0.626. The average Bonchev–Trinajstić information content (AvgIpc) is 3.01. The summed E-state index contributed by atoms with van der Waals surface area (Å²) in [7, 11) is 0. The van der Waals surface area contributed by atoms with E-state index in [4.69, 9.17) is 5.26 Å². The van der Waals surface area contributed by atoms with Gasteiger partial charge in [0.25, 0.3) is 0 Å². The van der Waals surface area contributed by atoms with Gasteiger partial charge in [-0.05, 0) is 57.1 Å². The van der Waals surface area contributed by atoms with E-state index in [-0.39, 0.29) is 11.5 Å². The first-order chi connectivity index (χ1) is 13.5. The van der Waals surface area contributed by atoms with Gasteiger partial charge in [0.2, 0.25) is 0 Å². The van der Waals surface area contributed by atoms with Crippen molar-refractivity contribution in [2.45, 2.75) is 26.2 Å². The van der Waals surface area contributed by atoms with Gasteiger partial charge in [0, 0.05) is 22.5 Å². The van der Waals surface area contributed by atoms with E-state index >= 15 is 0 Å². The molecule has 144 valence electrons. The lowest BCUT2D eigenvalue weighted by Gasteiger charge is -2.25. The molecule has 0 N–H and O–H groups in total. The van der Waals surface area contributed by atoms with Crippen molar-refractivity contribution in [3.05, 3.63) is 65.5 Å². The molecule has 5 heteroatoms. The first kappa shape index (κ1) is 19.8. The number of likely N-dealkylation sites (tertiary alicyclic amines) is 1. The molecular formula is C23H24FN3O. The lowest BCUT2D eigenvalue weighted by atomic mass is 10.0. The van der Waals surface area contributed by atoms with Gasteiger partial charge in [-0.1, -0.05) is 25.7 Å². The zero-order valence-corrected chi connectivity index (χ0v) is 16.2. The van der Waals surface area contributed by atoms with E-state index in [0.717, 1.165) is 25.9 Å². The van der Waals surface area contributed by atoms with Gasteiger partial charge in [-0.2, -0.15) is 5.26 Å². The van der Waals surface area contributed by atoms with Crippen LogP contribution < -0.4 is 0 Å². The zero-order chi connectivity index (χ0) is 20.3. The molecule has 1 saturated heterocycles. The van der Waals surface area contributed by atoms with Crippen molar-refractivity contribution in [3.63, 3.8) is 0 Å². The van der Waals surface area contributed by atoms with Gasteiger partial charge in [0.15, 0.2) is 5.78 Å². The van der Waals surface area contributed by atoms with Gasteiger partial charge in [0.05, 0.1) is 23.9 Å². The number of aromatic nitrogens is 1. The molecule has 3 rings (SSSR count). The summed E-state index contributed by atoms with van der Waals surface area (Å²) in [5, 5.41) is 9.02. The first-order valence-electron chi connectivity index (χ1n) is 9.46. The summed E-state index contributed by atoms with van der Waals surface area (Å²) in [5.74, 6) is -0.663. The second-order valence-corrected chi connectivity index (χ2v) is 7.09. The fourth-order valence-electron chi connectivity index (χ4n) is 3.94. The lowest BCUT2D eigenvalue weighted by molar-refractivity contribution is 0.0915. The highest BCUT2D eigenvalue weighted by molar-refractivity contribution is 6.03. The Hall–Kier alpha value is -2.97. The summed E-state index contributed by atoms with van der Waals surface area (Å²) in [6, 6.07) is 8.89. The van der Waals surface area contributed by atoms with Crippen LogP contribution in [-0.2, 0) is 0 Å². The van der Waals surface area contributed by atoms with Gasteiger partial charge < -0.3 is 4.57 Å². The zero-order valence-electron chi connectivity index (χ0n) is 16.2. The van der Waals surface area contributed by atoms with Gasteiger partial charge in [-0.25, -0.2) is 4.39 Å². The predicted molar refractivity (Wildman–Crippen MR) is 110 cm³/mol. The Labute approximate surface area is 165 Å². The Bertz CT molecular complexity index is 957. The number of Topliss-reactive ketones (excluding diaryl/α,β-unsaturated/α-hetero) is 1. The minimum Gasteiger partial charge on any atom is -0.310 e. The Morgan fingerprint density at radius 2 is 1.89 bits per heavy atom. The summed E-state index contributed by atoms with van der Waals surface area (Å²) in [5.41, 5.74) is 3.02. The Morgan fingerprint density at radius 3 is 2.43 bits per heavy atom. The molecule has 0 amide bonds. The molecule has 1 aromatic carbocycles. The summed E-state index contributed by atoms with van der Waals surface area (Å²) >= 11 is 0. The van der Waals surface area contributed by atoms with E-state index in [0.29, 0.717) is 34.6 Å². The van der Waals surface area contributed by atoms with Crippen LogP contribution in [0.3, 0.4) is 0 Å². The standard InChI is InChI=1S/C23H24FN3O/c1-4-20-22(21(28)15-26-12-6-5-7-13-26)17(3)27(23(20)16(2)24)19-10-8-18(14-25)9-11-19/h4,8-11H,1-2,5-7,12-13,15H2,3H3. The summed E-state index contributed by atoms with van der Waals surface area (Å²) in [4.78, 5) is 15.3. The van der Waals surface area contributed by atoms with E-state index in [1.54, 1.807) is 35.8 Å². The van der Waals surface area contributed by atoms with Crippen molar-refractivity contribution in [3.8, 4) is 11.8 Å². The third-order valence-corrected chi connectivity index (χ3v) is 5.26. The minimum absolute atomic E-state index is 0.0378. The van der Waals surface area contributed by atoms with Crippen LogP contribution in [0.5, 0.6) is 0 Å². The van der Waals surface area contributed by atoms with Gasteiger partial charge in [0.1, 0.15) is 5.83 Å². The molecule has 0 bridgehead atoms. The number of nitrogens with zero attached hydrogens (tertiary/aromatic N) is 3. The van der Waals surface area contributed by atoms with Gasteiger partial charge in [-0.15, -0.1) is 0 Å². The molecule has 4 nitrogen and oxygen atoms in total. The second kappa shape index (κ2) is 8.37. The second-order valence-electron chi connectivity index (χ2n) is 7.09. The number of carbonyl (C=O) groups is 1. The number of hydrogen-bond acceptors (Lipinski definition) is 3. The normalized spacial score (nSPS) is 14.5. The highest BCUT2D eigenvalue weighted by Gasteiger charge is 2.27. The first-order valence-corrected chi connectivity index (χ1v) is 9.46. The molecule has 28 heavy (non-hydrogen) atoms. The molecule has 0 radical (unpaired) electrons. The van der Waals surface area contributed by atoms with Crippen molar-refractivity contribution in [2.24, 2.45) is 0 Å². The number of piperidine rings is 1. The van der Waals surface area contributed by atoms with Crippen LogP contribution in [0, 0.1) is 18.3 Å². The van der Waals surface area contributed by atoms with Crippen molar-refractivity contribution in [1.82, 2.24) is 9.47 Å². The molecule has 0 atom stereocenters. The van der Waals surface area contributed by atoms with Gasteiger partial charge in [-0.3, -0.25) is 9.69 Å². The molecule has 0 aliphatic carbocycles. The van der Waals surface area contributed by atoms with Crippen molar-refractivity contribution in [2.75, 3.05) is 19.6 Å². The van der Waals surface area contributed by atoms with E-state index < -0.39 is 5.83 Å². The molecular weight excluding hydrogens is 353 g/mol. The number of benzene rings is 1. The van der Waals surface area contributed by atoms with Crippen LogP contribution in [0.1, 0.15) is 52.1 Å². The van der Waals surface area contributed by atoms with Crippen LogP contribution >= 0.6 is 0 Å². The SMILES string of the molecule is C=Cc1c(C(=O)CN2CCCCC2)c(C)n(-c2ccc(C#N)cc2)c1C(=C)F. The van der Waals surface area contributed by atoms with Crippen molar-refractivity contribution < 1.29 is 9.18 Å². The number of carbonyl (C=O) groups excluding carboxylic acids is 1. The van der Waals surface area contributed by atoms with E-state index in [2.05, 4.69) is 24.1 Å². The van der Waals surface area contributed by atoms with Crippen LogP contribution in [-0.4, -0.2) is 34.9 Å². The number of rotatable bonds is 6. The monoisotopic (exact) mass is 377 g/mol. The molecule has 1 aliphatic rings. The molecule has 2 aromatic rings. The van der Waals surface area contributed by atoms with Crippen LogP contribution in [0.4, 0.5) is 4.39 Å². The molecule has 0 spiro atoms. The molecule has 0 unspecified atom stereocenters. The topological polar surface area (TPSA) is 49.0 Å². The Kier molecular flexibility index (Phi) is 5.91. The number of nitriles is 1. The fourth-order valence-corrected chi connectivity index (χ4v) is 3.94. The Balaban J connectivity index is 2.09. The highest BCUT2D eigenvalue weighted by atomic mass is 19.1. The lowest BCUT2D eigenvalue weighted by Crippen LogP contribution is -2.34.